The number of ether oxygens (including phenoxy) is 1. The molecule has 2 aromatic rings. The van der Waals surface area contributed by atoms with E-state index in [-0.39, 0.29) is 18.8 Å². The highest BCUT2D eigenvalue weighted by Crippen LogP contribution is 2.42. The standard InChI is InChI=1S/C22H21N3O6S2/c1-3-8-31-22(30)24(16(26)10-23-15-9-13-6-4-5-7-14(13)33-15)18-19(27)25-17(21(28)29)12(2)11-32-20(18)25/h3-7,9,18,20,23H,1,8,10-11H2,2H3,(H,28,29)/t18?,20-/m1/s1. The van der Waals surface area contributed by atoms with Crippen LogP contribution in [0.1, 0.15) is 6.92 Å². The van der Waals surface area contributed by atoms with Crippen molar-refractivity contribution in [3.8, 4) is 0 Å². The fourth-order valence-electron chi connectivity index (χ4n) is 3.75. The van der Waals surface area contributed by atoms with Gasteiger partial charge in [-0.25, -0.2) is 14.5 Å². The van der Waals surface area contributed by atoms with Gasteiger partial charge in [-0.3, -0.25) is 14.5 Å². The SMILES string of the molecule is C=CCOC(=O)N(C(=O)CNc1cc2ccccc2s1)C1C(=O)N2C(C(=O)O)=C(C)CS[C@H]12. The van der Waals surface area contributed by atoms with Gasteiger partial charge >= 0.3 is 12.1 Å². The van der Waals surface area contributed by atoms with Gasteiger partial charge in [0.1, 0.15) is 17.7 Å². The summed E-state index contributed by atoms with van der Waals surface area (Å²) in [5.74, 6) is -2.13. The van der Waals surface area contributed by atoms with E-state index in [1.807, 2.05) is 30.3 Å². The van der Waals surface area contributed by atoms with Crippen molar-refractivity contribution < 1.29 is 29.0 Å². The number of aliphatic carboxylic acids is 1. The van der Waals surface area contributed by atoms with Gasteiger partial charge in [-0.2, -0.15) is 0 Å². The third kappa shape index (κ3) is 4.21. The Bertz CT molecular complexity index is 1160. The molecule has 0 radical (unpaired) electrons. The molecule has 2 atom stereocenters. The normalized spacial score (nSPS) is 19.5. The number of thioether (sulfide) groups is 1. The number of hydrogen-bond donors (Lipinski definition) is 2. The van der Waals surface area contributed by atoms with E-state index in [9.17, 15) is 24.3 Å². The molecule has 2 aliphatic heterocycles. The third-order valence-electron chi connectivity index (χ3n) is 5.24. The number of nitrogens with one attached hydrogen (secondary N) is 1. The first-order chi connectivity index (χ1) is 15.8. The van der Waals surface area contributed by atoms with E-state index in [1.165, 1.54) is 29.2 Å². The summed E-state index contributed by atoms with van der Waals surface area (Å²) in [4.78, 5) is 52.4. The summed E-state index contributed by atoms with van der Waals surface area (Å²) in [5, 5.41) is 13.6. The molecule has 2 aliphatic rings. The maximum atomic E-state index is 13.1. The summed E-state index contributed by atoms with van der Waals surface area (Å²) in [5.41, 5.74) is 0.448. The number of anilines is 1. The Morgan fingerprint density at radius 1 is 1.36 bits per heavy atom. The number of thiophene rings is 1. The Balaban J connectivity index is 1.54. The summed E-state index contributed by atoms with van der Waals surface area (Å²) >= 11 is 2.76. The van der Waals surface area contributed by atoms with Crippen molar-refractivity contribution in [1.82, 2.24) is 9.80 Å². The molecule has 4 rings (SSSR count). The molecule has 0 saturated carbocycles. The molecule has 172 valence electrons. The molecule has 9 nitrogen and oxygen atoms in total. The minimum absolute atomic E-state index is 0.102. The summed E-state index contributed by atoms with van der Waals surface area (Å²) in [6, 6.07) is 8.50. The molecule has 1 aromatic carbocycles. The van der Waals surface area contributed by atoms with Crippen LogP contribution in [0.25, 0.3) is 10.1 Å². The Kier molecular flexibility index (Phi) is 6.43. The maximum Gasteiger partial charge on any atom is 0.417 e. The number of nitrogens with zero attached hydrogens (tertiary/aromatic N) is 2. The van der Waals surface area contributed by atoms with E-state index in [2.05, 4.69) is 11.9 Å². The van der Waals surface area contributed by atoms with Gasteiger partial charge in [-0.15, -0.1) is 23.1 Å². The minimum Gasteiger partial charge on any atom is -0.477 e. The van der Waals surface area contributed by atoms with Gasteiger partial charge < -0.3 is 15.2 Å². The van der Waals surface area contributed by atoms with Crippen LogP contribution < -0.4 is 5.32 Å². The molecule has 1 unspecified atom stereocenters. The second-order valence-electron chi connectivity index (χ2n) is 7.42. The van der Waals surface area contributed by atoms with Gasteiger partial charge in [-0.05, 0) is 30.0 Å². The number of amides is 3. The molecular formula is C22H21N3O6S2. The smallest absolute Gasteiger partial charge is 0.417 e. The Labute approximate surface area is 197 Å². The summed E-state index contributed by atoms with van der Waals surface area (Å²) in [7, 11) is 0. The number of β-lactam (4-membered cyclic amide) rings is 1. The van der Waals surface area contributed by atoms with Crippen LogP contribution in [0.3, 0.4) is 0 Å². The minimum atomic E-state index is -1.22. The average Bonchev–Trinajstić information content (AvgIpc) is 3.22. The van der Waals surface area contributed by atoms with Gasteiger partial charge in [0.25, 0.3) is 11.8 Å². The number of hydrogen-bond acceptors (Lipinski definition) is 8. The predicted octanol–water partition coefficient (Wildman–Crippen LogP) is 3.11. The van der Waals surface area contributed by atoms with Crippen molar-refractivity contribution in [2.75, 3.05) is 24.2 Å². The number of carbonyl (C=O) groups is 4. The first kappa shape index (κ1) is 22.9. The lowest BCUT2D eigenvalue weighted by molar-refractivity contribution is -0.157. The maximum absolute atomic E-state index is 13.1. The highest BCUT2D eigenvalue weighted by molar-refractivity contribution is 8.00. The van der Waals surface area contributed by atoms with Gasteiger partial charge in [0.15, 0.2) is 6.04 Å². The van der Waals surface area contributed by atoms with E-state index in [4.69, 9.17) is 4.74 Å². The second-order valence-corrected chi connectivity index (χ2v) is 9.61. The van der Waals surface area contributed by atoms with Gasteiger partial charge in [0, 0.05) is 10.5 Å². The monoisotopic (exact) mass is 487 g/mol. The molecule has 2 N–H and O–H groups in total. The number of carbonyl (C=O) groups excluding carboxylic acids is 3. The fraction of sp³-hybridized carbons (Fsp3) is 0.273. The third-order valence-corrected chi connectivity index (χ3v) is 7.72. The Morgan fingerprint density at radius 2 is 2.12 bits per heavy atom. The van der Waals surface area contributed by atoms with Crippen LogP contribution in [-0.2, 0) is 19.1 Å². The molecule has 33 heavy (non-hydrogen) atoms. The Hall–Kier alpha value is -3.31. The van der Waals surface area contributed by atoms with Crippen molar-refractivity contribution in [2.45, 2.75) is 18.3 Å². The van der Waals surface area contributed by atoms with Crippen molar-refractivity contribution in [3.63, 3.8) is 0 Å². The van der Waals surface area contributed by atoms with E-state index in [1.54, 1.807) is 6.92 Å². The van der Waals surface area contributed by atoms with Crippen molar-refractivity contribution in [3.05, 3.63) is 54.3 Å². The molecule has 1 fully saturated rings. The molecule has 3 heterocycles. The number of imide groups is 1. The Morgan fingerprint density at radius 3 is 2.82 bits per heavy atom. The highest BCUT2D eigenvalue weighted by atomic mass is 32.2. The summed E-state index contributed by atoms with van der Waals surface area (Å²) < 4.78 is 6.11. The van der Waals surface area contributed by atoms with Crippen molar-refractivity contribution >= 4 is 62.1 Å². The molecule has 0 bridgehead atoms. The largest absolute Gasteiger partial charge is 0.477 e. The van der Waals surface area contributed by atoms with Crippen LogP contribution in [-0.4, -0.2) is 69.1 Å². The molecule has 11 heteroatoms. The topological polar surface area (TPSA) is 116 Å². The quantitative estimate of drug-likeness (QED) is 0.452. The van der Waals surface area contributed by atoms with Crippen LogP contribution in [0.15, 0.2) is 54.3 Å². The zero-order chi connectivity index (χ0) is 23.7. The van der Waals surface area contributed by atoms with E-state index in [0.717, 1.165) is 24.9 Å². The summed E-state index contributed by atoms with van der Waals surface area (Å²) in [6.07, 6.45) is 0.384. The van der Waals surface area contributed by atoms with Gasteiger partial charge in [0.2, 0.25) is 0 Å². The van der Waals surface area contributed by atoms with Gasteiger partial charge in [0.05, 0.1) is 11.5 Å². The van der Waals surface area contributed by atoms with Crippen LogP contribution >= 0.6 is 23.1 Å². The lowest BCUT2D eigenvalue weighted by atomic mass is 10.0. The number of fused-ring (bicyclic) bond motifs is 2. The molecule has 1 aromatic heterocycles. The second kappa shape index (κ2) is 9.28. The van der Waals surface area contributed by atoms with E-state index >= 15 is 0 Å². The number of carboxylic acids is 1. The lowest BCUT2D eigenvalue weighted by Crippen LogP contribution is -2.72. The molecule has 0 spiro atoms. The predicted molar refractivity (Wildman–Crippen MR) is 126 cm³/mol. The fourth-order valence-corrected chi connectivity index (χ4v) is 6.04. The molecule has 3 amide bonds. The van der Waals surface area contributed by atoms with Gasteiger partial charge in [-0.1, -0.05) is 30.9 Å². The van der Waals surface area contributed by atoms with Crippen molar-refractivity contribution in [1.29, 1.82) is 0 Å². The zero-order valence-corrected chi connectivity index (χ0v) is 19.3. The first-order valence-electron chi connectivity index (χ1n) is 10.0. The number of rotatable bonds is 7. The van der Waals surface area contributed by atoms with E-state index in [0.29, 0.717) is 11.3 Å². The lowest BCUT2D eigenvalue weighted by Gasteiger charge is -2.51. The average molecular weight is 488 g/mol. The zero-order valence-electron chi connectivity index (χ0n) is 17.6. The highest BCUT2D eigenvalue weighted by Gasteiger charge is 2.58. The molecule has 1 saturated heterocycles. The van der Waals surface area contributed by atoms with Crippen LogP contribution in [0.5, 0.6) is 0 Å². The molecule has 0 aliphatic carbocycles. The van der Waals surface area contributed by atoms with Crippen LogP contribution in [0.4, 0.5) is 9.80 Å². The number of benzene rings is 1. The summed E-state index contributed by atoms with van der Waals surface area (Å²) in [6.45, 7) is 4.76. The molecular weight excluding hydrogens is 466 g/mol. The number of carboxylic acid groups (broad SMARTS) is 1. The van der Waals surface area contributed by atoms with Crippen molar-refractivity contribution in [2.24, 2.45) is 0 Å². The van der Waals surface area contributed by atoms with E-state index < -0.39 is 35.3 Å². The van der Waals surface area contributed by atoms with Crippen LogP contribution in [0, 0.1) is 0 Å². The van der Waals surface area contributed by atoms with Crippen LogP contribution in [0.2, 0.25) is 0 Å². The first-order valence-corrected chi connectivity index (χ1v) is 11.9.